The second-order valence-corrected chi connectivity index (χ2v) is 3.70. The number of hydrogen-bond donors (Lipinski definition) is 3. The number of carbonyl (C=O) groups excluding carboxylic acids is 1. The van der Waals surface area contributed by atoms with E-state index < -0.39 is 25.1 Å². The van der Waals surface area contributed by atoms with Crippen LogP contribution in [0, 0.1) is 0 Å². The van der Waals surface area contributed by atoms with Gasteiger partial charge in [-0.25, -0.2) is 8.78 Å². The topological polar surface area (TPSA) is 70.6 Å². The van der Waals surface area contributed by atoms with Crippen molar-refractivity contribution in [3.63, 3.8) is 0 Å². The van der Waals surface area contributed by atoms with Gasteiger partial charge < -0.3 is 20.5 Å². The standard InChI is InChI=1S/C9H16F2N2O3/c1-16-5-2-6(12-3-5)9(15)13-4-7(14)8(10)11/h5-8,12,14H,2-4H2,1H3,(H,13,15). The number of hydrogen-bond acceptors (Lipinski definition) is 4. The van der Waals surface area contributed by atoms with Crippen molar-refractivity contribution in [2.45, 2.75) is 31.1 Å². The fourth-order valence-corrected chi connectivity index (χ4v) is 1.50. The van der Waals surface area contributed by atoms with E-state index in [-0.39, 0.29) is 12.0 Å². The van der Waals surface area contributed by atoms with Crippen LogP contribution >= 0.6 is 0 Å². The predicted molar refractivity (Wildman–Crippen MR) is 52.2 cm³/mol. The molecule has 16 heavy (non-hydrogen) atoms. The minimum atomic E-state index is -2.84. The summed E-state index contributed by atoms with van der Waals surface area (Å²) in [5, 5.41) is 14.0. The Morgan fingerprint density at radius 2 is 2.38 bits per heavy atom. The van der Waals surface area contributed by atoms with Crippen LogP contribution in [-0.2, 0) is 9.53 Å². The third-order valence-electron chi connectivity index (χ3n) is 2.52. The molecule has 3 atom stereocenters. The molecular weight excluding hydrogens is 222 g/mol. The molecule has 3 N–H and O–H groups in total. The first-order chi connectivity index (χ1) is 7.54. The molecule has 1 amide bonds. The van der Waals surface area contributed by atoms with Gasteiger partial charge in [-0.1, -0.05) is 0 Å². The molecule has 0 saturated carbocycles. The number of amides is 1. The van der Waals surface area contributed by atoms with Crippen molar-refractivity contribution in [3.05, 3.63) is 0 Å². The Labute approximate surface area is 92.2 Å². The average Bonchev–Trinajstić information content (AvgIpc) is 2.73. The van der Waals surface area contributed by atoms with Crippen LogP contribution in [0.15, 0.2) is 0 Å². The molecule has 7 heteroatoms. The first kappa shape index (κ1) is 13.3. The molecule has 1 aliphatic rings. The van der Waals surface area contributed by atoms with Crippen LogP contribution in [-0.4, -0.2) is 55.9 Å². The number of alkyl halides is 2. The Hall–Kier alpha value is -0.790. The highest BCUT2D eigenvalue weighted by atomic mass is 19.3. The van der Waals surface area contributed by atoms with E-state index in [0.717, 1.165) is 0 Å². The number of halogens is 2. The molecule has 1 saturated heterocycles. The third kappa shape index (κ3) is 3.66. The highest BCUT2D eigenvalue weighted by Crippen LogP contribution is 2.09. The summed E-state index contributed by atoms with van der Waals surface area (Å²) in [7, 11) is 1.55. The molecule has 3 unspecified atom stereocenters. The average molecular weight is 238 g/mol. The van der Waals surface area contributed by atoms with Crippen molar-refractivity contribution in [3.8, 4) is 0 Å². The van der Waals surface area contributed by atoms with Gasteiger partial charge >= 0.3 is 0 Å². The van der Waals surface area contributed by atoms with Gasteiger partial charge in [0, 0.05) is 20.2 Å². The molecule has 0 spiro atoms. The van der Waals surface area contributed by atoms with E-state index in [1.165, 1.54) is 0 Å². The largest absolute Gasteiger partial charge is 0.385 e. The summed E-state index contributed by atoms with van der Waals surface area (Å²) in [5.74, 6) is -0.390. The number of methoxy groups -OCH3 is 1. The van der Waals surface area contributed by atoms with Crippen molar-refractivity contribution >= 4 is 5.91 Å². The highest BCUT2D eigenvalue weighted by molar-refractivity contribution is 5.82. The van der Waals surface area contributed by atoms with Gasteiger partial charge in [-0.15, -0.1) is 0 Å². The van der Waals surface area contributed by atoms with E-state index in [1.807, 2.05) is 0 Å². The van der Waals surface area contributed by atoms with E-state index in [4.69, 9.17) is 9.84 Å². The van der Waals surface area contributed by atoms with Crippen LogP contribution in [0.2, 0.25) is 0 Å². The summed E-state index contributed by atoms with van der Waals surface area (Å²) in [4.78, 5) is 11.4. The Kier molecular flexibility index (Phi) is 5.04. The van der Waals surface area contributed by atoms with Crippen molar-refractivity contribution in [1.82, 2.24) is 10.6 Å². The lowest BCUT2D eigenvalue weighted by atomic mass is 10.2. The van der Waals surface area contributed by atoms with Crippen LogP contribution in [0.4, 0.5) is 8.78 Å². The minimum Gasteiger partial charge on any atom is -0.385 e. The number of nitrogens with one attached hydrogen (secondary N) is 2. The van der Waals surface area contributed by atoms with Crippen LogP contribution < -0.4 is 10.6 Å². The fourth-order valence-electron chi connectivity index (χ4n) is 1.50. The Bertz CT molecular complexity index is 241. The van der Waals surface area contributed by atoms with Crippen LogP contribution in [0.1, 0.15) is 6.42 Å². The van der Waals surface area contributed by atoms with Gasteiger partial charge in [-0.05, 0) is 6.42 Å². The fraction of sp³-hybridized carbons (Fsp3) is 0.889. The maximum absolute atomic E-state index is 11.9. The Morgan fingerprint density at radius 3 is 2.88 bits per heavy atom. The summed E-state index contributed by atoms with van der Waals surface area (Å²) >= 11 is 0. The van der Waals surface area contributed by atoms with Crippen molar-refractivity contribution < 1.29 is 23.4 Å². The molecule has 1 rings (SSSR count). The van der Waals surface area contributed by atoms with E-state index in [2.05, 4.69) is 10.6 Å². The van der Waals surface area contributed by atoms with E-state index in [0.29, 0.717) is 13.0 Å². The van der Waals surface area contributed by atoms with Crippen molar-refractivity contribution in [2.24, 2.45) is 0 Å². The zero-order valence-electron chi connectivity index (χ0n) is 8.95. The molecule has 0 bridgehead atoms. The predicted octanol–water partition coefficient (Wildman–Crippen LogP) is -0.894. The van der Waals surface area contributed by atoms with Gasteiger partial charge in [-0.2, -0.15) is 0 Å². The molecule has 0 aromatic carbocycles. The van der Waals surface area contributed by atoms with Gasteiger partial charge in [0.25, 0.3) is 6.43 Å². The molecule has 0 aromatic heterocycles. The summed E-state index contributed by atoms with van der Waals surface area (Å²) in [6.07, 6.45) is -4.18. The second kappa shape index (κ2) is 6.07. The Morgan fingerprint density at radius 1 is 1.69 bits per heavy atom. The van der Waals surface area contributed by atoms with Crippen LogP contribution in [0.25, 0.3) is 0 Å². The lowest BCUT2D eigenvalue weighted by Crippen LogP contribution is -2.44. The molecule has 5 nitrogen and oxygen atoms in total. The molecular formula is C9H16F2N2O3. The highest BCUT2D eigenvalue weighted by Gasteiger charge is 2.29. The number of ether oxygens (including phenoxy) is 1. The monoisotopic (exact) mass is 238 g/mol. The summed E-state index contributed by atoms with van der Waals surface area (Å²) in [6, 6.07) is -0.435. The number of carbonyl (C=O) groups is 1. The third-order valence-corrected chi connectivity index (χ3v) is 2.52. The maximum Gasteiger partial charge on any atom is 0.265 e. The SMILES string of the molecule is COC1CNC(C(=O)NCC(O)C(F)F)C1. The molecule has 0 radical (unpaired) electrons. The summed E-state index contributed by atoms with van der Waals surface area (Å²) in [5.41, 5.74) is 0. The lowest BCUT2D eigenvalue weighted by Gasteiger charge is -2.14. The number of rotatable bonds is 5. The molecule has 0 aromatic rings. The zero-order valence-corrected chi connectivity index (χ0v) is 8.95. The van der Waals surface area contributed by atoms with E-state index >= 15 is 0 Å². The maximum atomic E-state index is 11.9. The molecule has 1 aliphatic heterocycles. The van der Waals surface area contributed by atoms with E-state index in [9.17, 15) is 13.6 Å². The van der Waals surface area contributed by atoms with Gasteiger partial charge in [0.15, 0.2) is 0 Å². The second-order valence-electron chi connectivity index (χ2n) is 3.70. The molecule has 1 heterocycles. The molecule has 1 fully saturated rings. The van der Waals surface area contributed by atoms with Crippen molar-refractivity contribution in [1.29, 1.82) is 0 Å². The minimum absolute atomic E-state index is 0.0317. The quantitative estimate of drug-likeness (QED) is 0.581. The number of aliphatic hydroxyl groups excluding tert-OH is 1. The number of aliphatic hydroxyl groups is 1. The smallest absolute Gasteiger partial charge is 0.265 e. The summed E-state index contributed by atoms with van der Waals surface area (Å²) in [6.45, 7) is 0.123. The van der Waals surface area contributed by atoms with Gasteiger partial charge in [0.1, 0.15) is 6.10 Å². The zero-order chi connectivity index (χ0) is 12.1. The van der Waals surface area contributed by atoms with Crippen LogP contribution in [0.3, 0.4) is 0 Å². The summed E-state index contributed by atoms with van der Waals surface area (Å²) < 4.78 is 28.9. The normalized spacial score (nSPS) is 27.1. The first-order valence-electron chi connectivity index (χ1n) is 5.04. The van der Waals surface area contributed by atoms with Gasteiger partial charge in [-0.3, -0.25) is 4.79 Å². The first-order valence-corrected chi connectivity index (χ1v) is 5.04. The molecule has 0 aliphatic carbocycles. The van der Waals surface area contributed by atoms with Gasteiger partial charge in [0.2, 0.25) is 5.91 Å². The van der Waals surface area contributed by atoms with E-state index in [1.54, 1.807) is 7.11 Å². The van der Waals surface area contributed by atoms with Gasteiger partial charge in [0.05, 0.1) is 12.1 Å². The lowest BCUT2D eigenvalue weighted by molar-refractivity contribution is -0.124. The Balaban J connectivity index is 2.26. The van der Waals surface area contributed by atoms with Crippen molar-refractivity contribution in [2.75, 3.05) is 20.2 Å². The molecule has 94 valence electrons. The van der Waals surface area contributed by atoms with Crippen LogP contribution in [0.5, 0.6) is 0 Å².